The first-order valence-electron chi connectivity index (χ1n) is 11.8. The first kappa shape index (κ1) is 26.6. The van der Waals surface area contributed by atoms with E-state index in [4.69, 9.17) is 27.0 Å². The average Bonchev–Trinajstić information content (AvgIpc) is 3.09. The van der Waals surface area contributed by atoms with Gasteiger partial charge in [-0.05, 0) is 61.1 Å². The lowest BCUT2D eigenvalue weighted by Crippen LogP contribution is -2.29. The number of thioether (sulfide) groups is 1. The Labute approximate surface area is 224 Å². The van der Waals surface area contributed by atoms with Crippen LogP contribution in [0.5, 0.6) is 11.6 Å². The molecule has 192 valence electrons. The summed E-state index contributed by atoms with van der Waals surface area (Å²) in [6.07, 6.45) is 3.30. The Morgan fingerprint density at radius 1 is 1.24 bits per heavy atom. The van der Waals surface area contributed by atoms with Gasteiger partial charge in [0.1, 0.15) is 21.3 Å². The maximum atomic E-state index is 13.6. The number of carbonyl (C=O) groups is 2. The molecule has 2 aromatic heterocycles. The molecule has 0 atom stereocenters. The van der Waals surface area contributed by atoms with Crippen molar-refractivity contribution in [3.05, 3.63) is 74.0 Å². The molecule has 0 bridgehead atoms. The number of amides is 1. The Hall–Kier alpha value is -3.50. The highest BCUT2D eigenvalue weighted by Crippen LogP contribution is 2.36. The van der Waals surface area contributed by atoms with E-state index in [9.17, 15) is 14.4 Å². The molecule has 0 radical (unpaired) electrons. The summed E-state index contributed by atoms with van der Waals surface area (Å²) in [6, 6.07) is 9.53. The van der Waals surface area contributed by atoms with Gasteiger partial charge in [-0.25, -0.2) is 0 Å². The third-order valence-corrected chi connectivity index (χ3v) is 7.35. The Morgan fingerprint density at radius 2 is 2.00 bits per heavy atom. The number of ether oxygens (including phenoxy) is 1. The van der Waals surface area contributed by atoms with Gasteiger partial charge in [-0.2, -0.15) is 4.98 Å². The molecule has 8 nitrogen and oxygen atoms in total. The fourth-order valence-electron chi connectivity index (χ4n) is 4.02. The van der Waals surface area contributed by atoms with Crippen molar-refractivity contribution >= 4 is 51.9 Å². The van der Waals surface area contributed by atoms with Crippen LogP contribution >= 0.6 is 24.0 Å². The number of rotatable bonds is 8. The lowest BCUT2D eigenvalue weighted by atomic mass is 10.0. The highest BCUT2D eigenvalue weighted by atomic mass is 32.2. The topological polar surface area (TPSA) is 101 Å². The number of aryl methyl sites for hydroxylation is 2. The zero-order valence-electron chi connectivity index (χ0n) is 21.0. The van der Waals surface area contributed by atoms with Crippen LogP contribution in [0.2, 0.25) is 0 Å². The summed E-state index contributed by atoms with van der Waals surface area (Å²) in [5.41, 5.74) is 2.97. The number of pyridine rings is 1. The van der Waals surface area contributed by atoms with Gasteiger partial charge in [0.05, 0.1) is 4.91 Å². The predicted molar refractivity (Wildman–Crippen MR) is 148 cm³/mol. The van der Waals surface area contributed by atoms with Crippen LogP contribution < -0.4 is 10.3 Å². The highest BCUT2D eigenvalue weighted by molar-refractivity contribution is 8.26. The van der Waals surface area contributed by atoms with Crippen LogP contribution in [0.25, 0.3) is 11.7 Å². The third-order valence-electron chi connectivity index (χ3n) is 5.97. The zero-order valence-corrected chi connectivity index (χ0v) is 22.6. The number of aromatic nitrogens is 2. The summed E-state index contributed by atoms with van der Waals surface area (Å²) < 4.78 is 8.06. The number of benzene rings is 1. The molecule has 0 aliphatic carbocycles. The SMILES string of the molecule is Cc1ccc(C(C)C)c(Oc2nc3c(C)cccn3c(=O)c2/C=C2/SC(=S)N(CCCC(=O)O)C2=O)c1. The van der Waals surface area contributed by atoms with Gasteiger partial charge in [0.25, 0.3) is 11.5 Å². The van der Waals surface area contributed by atoms with Crippen LogP contribution in [-0.4, -0.2) is 42.1 Å². The number of carboxylic acid groups (broad SMARTS) is 1. The fourth-order valence-corrected chi connectivity index (χ4v) is 5.31. The standard InChI is InChI=1S/C27H27N3O5S2/c1-15(2)18-10-9-16(3)13-20(18)35-24-19(25(33)29-11-5-7-17(4)23(29)28-24)14-21-26(34)30(27(36)37-21)12-6-8-22(31)32/h5,7,9-11,13-15H,6,8,12H2,1-4H3,(H,31,32)/b21-14+. The van der Waals surface area contributed by atoms with Crippen LogP contribution in [0.4, 0.5) is 0 Å². The molecule has 1 N–H and O–H groups in total. The number of nitrogens with zero attached hydrogens (tertiary/aromatic N) is 3. The van der Waals surface area contributed by atoms with Crippen LogP contribution in [0.15, 0.2) is 46.2 Å². The predicted octanol–water partition coefficient (Wildman–Crippen LogP) is 5.29. The van der Waals surface area contributed by atoms with Crippen molar-refractivity contribution in [1.29, 1.82) is 0 Å². The molecule has 3 aromatic rings. The summed E-state index contributed by atoms with van der Waals surface area (Å²) in [4.78, 5) is 44.0. The van der Waals surface area contributed by atoms with E-state index in [1.807, 2.05) is 38.1 Å². The largest absolute Gasteiger partial charge is 0.481 e. The molecular formula is C27H27N3O5S2. The van der Waals surface area contributed by atoms with Gasteiger partial charge < -0.3 is 9.84 Å². The second-order valence-electron chi connectivity index (χ2n) is 9.15. The second kappa shape index (κ2) is 10.9. The van der Waals surface area contributed by atoms with E-state index in [2.05, 4.69) is 13.8 Å². The molecule has 0 spiro atoms. The van der Waals surface area contributed by atoms with Crippen LogP contribution in [0, 0.1) is 13.8 Å². The summed E-state index contributed by atoms with van der Waals surface area (Å²) in [6.45, 7) is 8.12. The van der Waals surface area contributed by atoms with E-state index >= 15 is 0 Å². The van der Waals surface area contributed by atoms with E-state index in [1.165, 1.54) is 15.4 Å². The first-order valence-corrected chi connectivity index (χ1v) is 13.1. The average molecular weight is 538 g/mol. The van der Waals surface area contributed by atoms with Crippen molar-refractivity contribution in [2.75, 3.05) is 6.54 Å². The van der Waals surface area contributed by atoms with E-state index in [0.717, 1.165) is 28.5 Å². The third kappa shape index (κ3) is 5.60. The molecule has 1 amide bonds. The maximum Gasteiger partial charge on any atom is 0.303 e. The number of hydrogen-bond acceptors (Lipinski definition) is 7. The van der Waals surface area contributed by atoms with Gasteiger partial charge in [-0.1, -0.05) is 56.0 Å². The number of aliphatic carboxylic acids is 1. The monoisotopic (exact) mass is 537 g/mol. The van der Waals surface area contributed by atoms with Crippen molar-refractivity contribution < 1.29 is 19.4 Å². The van der Waals surface area contributed by atoms with Crippen LogP contribution in [-0.2, 0) is 9.59 Å². The van der Waals surface area contributed by atoms with Crippen LogP contribution in [0.1, 0.15) is 54.9 Å². The number of hydrogen-bond donors (Lipinski definition) is 1. The number of carboxylic acids is 1. The number of thiocarbonyl (C=S) groups is 1. The normalized spacial score (nSPS) is 14.8. The molecule has 1 saturated heterocycles. The Kier molecular flexibility index (Phi) is 7.79. The molecule has 37 heavy (non-hydrogen) atoms. The minimum atomic E-state index is -0.940. The van der Waals surface area contributed by atoms with Crippen molar-refractivity contribution in [1.82, 2.24) is 14.3 Å². The minimum absolute atomic E-state index is 0.0714. The van der Waals surface area contributed by atoms with Gasteiger partial charge in [0, 0.05) is 19.2 Å². The Balaban J connectivity index is 1.83. The number of fused-ring (bicyclic) bond motifs is 1. The number of carbonyl (C=O) groups excluding carboxylic acids is 1. The lowest BCUT2D eigenvalue weighted by molar-refractivity contribution is -0.137. The fraction of sp³-hybridized carbons (Fsp3) is 0.296. The lowest BCUT2D eigenvalue weighted by Gasteiger charge is -2.16. The quantitative estimate of drug-likeness (QED) is 0.305. The Morgan fingerprint density at radius 3 is 2.70 bits per heavy atom. The minimum Gasteiger partial charge on any atom is -0.481 e. The molecule has 4 rings (SSSR count). The smallest absolute Gasteiger partial charge is 0.303 e. The van der Waals surface area contributed by atoms with E-state index < -0.39 is 5.97 Å². The molecule has 1 aromatic carbocycles. The molecule has 1 fully saturated rings. The van der Waals surface area contributed by atoms with E-state index in [1.54, 1.807) is 12.3 Å². The maximum absolute atomic E-state index is 13.6. The molecule has 3 heterocycles. The van der Waals surface area contributed by atoms with Crippen molar-refractivity contribution in [3.8, 4) is 11.6 Å². The molecule has 0 saturated carbocycles. The van der Waals surface area contributed by atoms with E-state index in [-0.39, 0.29) is 53.1 Å². The Bertz CT molecular complexity index is 1510. The van der Waals surface area contributed by atoms with E-state index in [0.29, 0.717) is 15.7 Å². The molecule has 10 heteroatoms. The molecular weight excluding hydrogens is 510 g/mol. The molecule has 1 aliphatic heterocycles. The van der Waals surface area contributed by atoms with Crippen molar-refractivity contribution in [2.24, 2.45) is 0 Å². The van der Waals surface area contributed by atoms with Gasteiger partial charge in [-0.3, -0.25) is 23.7 Å². The highest BCUT2D eigenvalue weighted by Gasteiger charge is 2.32. The van der Waals surface area contributed by atoms with Crippen molar-refractivity contribution in [3.63, 3.8) is 0 Å². The molecule has 1 aliphatic rings. The van der Waals surface area contributed by atoms with Gasteiger partial charge in [0.2, 0.25) is 5.88 Å². The van der Waals surface area contributed by atoms with Gasteiger partial charge in [-0.15, -0.1) is 0 Å². The summed E-state index contributed by atoms with van der Waals surface area (Å²) in [5.74, 6) is -0.452. The van der Waals surface area contributed by atoms with Crippen molar-refractivity contribution in [2.45, 2.75) is 46.5 Å². The van der Waals surface area contributed by atoms with Gasteiger partial charge >= 0.3 is 5.97 Å². The first-order chi connectivity index (χ1) is 17.6. The summed E-state index contributed by atoms with van der Waals surface area (Å²) >= 11 is 6.43. The summed E-state index contributed by atoms with van der Waals surface area (Å²) in [5, 5.41) is 8.91. The summed E-state index contributed by atoms with van der Waals surface area (Å²) in [7, 11) is 0. The van der Waals surface area contributed by atoms with Gasteiger partial charge in [0.15, 0.2) is 0 Å². The van der Waals surface area contributed by atoms with Crippen LogP contribution in [0.3, 0.4) is 0 Å². The molecule has 0 unspecified atom stereocenters. The second-order valence-corrected chi connectivity index (χ2v) is 10.8. The zero-order chi connectivity index (χ0) is 26.9.